The maximum atomic E-state index is 4.23. The summed E-state index contributed by atoms with van der Waals surface area (Å²) in [6, 6.07) is 5.85. The molecule has 0 saturated heterocycles. The second kappa shape index (κ2) is 2.93. The average Bonchev–Trinajstić information content (AvgIpc) is 2.54. The minimum atomic E-state index is 0.534. The lowest BCUT2D eigenvalue weighted by Crippen LogP contribution is -2.16. The molecule has 1 aliphatic heterocycles. The zero-order valence-electron chi connectivity index (χ0n) is 7.01. The Hall–Kier alpha value is -1.38. The molecule has 12 heavy (non-hydrogen) atoms. The molecule has 1 aromatic rings. The maximum absolute atomic E-state index is 4.23. The summed E-state index contributed by atoms with van der Waals surface area (Å²) in [5, 5.41) is 6.15. The zero-order valence-corrected chi connectivity index (χ0v) is 7.01. The van der Waals surface area contributed by atoms with Crippen molar-refractivity contribution in [2.75, 3.05) is 11.6 Å². The minimum absolute atomic E-state index is 0.534. The van der Waals surface area contributed by atoms with E-state index in [9.17, 15) is 0 Å². The van der Waals surface area contributed by atoms with E-state index in [-0.39, 0.29) is 0 Å². The van der Waals surface area contributed by atoms with Crippen molar-refractivity contribution in [2.45, 2.75) is 6.92 Å². The molecule has 3 nitrogen and oxygen atoms in total. The normalized spacial score (nSPS) is 21.8. The Balaban J connectivity index is 2.18. The molecule has 2 heterocycles. The summed E-state index contributed by atoms with van der Waals surface area (Å²) in [6.07, 6.45) is 3.74. The third-order valence-electron chi connectivity index (χ3n) is 1.84. The number of hydrogen-bond acceptors (Lipinski definition) is 3. The number of hydrogen-bond donors (Lipinski definition) is 0. The molecule has 0 bridgehead atoms. The fourth-order valence-electron chi connectivity index (χ4n) is 1.22. The fourth-order valence-corrected chi connectivity index (χ4v) is 1.22. The van der Waals surface area contributed by atoms with E-state index in [1.807, 2.05) is 29.4 Å². The minimum Gasteiger partial charge on any atom is -0.248 e. The summed E-state index contributed by atoms with van der Waals surface area (Å²) < 4.78 is 0. The first-order valence-electron chi connectivity index (χ1n) is 4.09. The molecule has 0 amide bonds. The van der Waals surface area contributed by atoms with Crippen LogP contribution in [0, 0.1) is 5.92 Å². The molecule has 0 spiro atoms. The van der Waals surface area contributed by atoms with E-state index in [0.29, 0.717) is 5.92 Å². The SMILES string of the molecule is CC1C=NN(c2ccccn2)C1. The van der Waals surface area contributed by atoms with Crippen molar-refractivity contribution in [3.05, 3.63) is 24.4 Å². The molecule has 0 radical (unpaired) electrons. The third-order valence-corrected chi connectivity index (χ3v) is 1.84. The van der Waals surface area contributed by atoms with Crippen molar-refractivity contribution in [3.8, 4) is 0 Å². The largest absolute Gasteiger partial charge is 0.248 e. The highest BCUT2D eigenvalue weighted by molar-refractivity contribution is 5.66. The van der Waals surface area contributed by atoms with Gasteiger partial charge in [0.1, 0.15) is 5.82 Å². The van der Waals surface area contributed by atoms with Gasteiger partial charge < -0.3 is 0 Å². The molecule has 0 aliphatic carbocycles. The van der Waals surface area contributed by atoms with Gasteiger partial charge >= 0.3 is 0 Å². The monoisotopic (exact) mass is 161 g/mol. The first kappa shape index (κ1) is 7.28. The van der Waals surface area contributed by atoms with Crippen LogP contribution in [0.25, 0.3) is 0 Å². The Labute approximate surface area is 71.7 Å². The number of nitrogens with zero attached hydrogens (tertiary/aromatic N) is 3. The van der Waals surface area contributed by atoms with Gasteiger partial charge in [-0.1, -0.05) is 13.0 Å². The molecule has 0 aromatic carbocycles. The van der Waals surface area contributed by atoms with Crippen molar-refractivity contribution in [3.63, 3.8) is 0 Å². The van der Waals surface area contributed by atoms with E-state index in [4.69, 9.17) is 0 Å². The smallest absolute Gasteiger partial charge is 0.148 e. The van der Waals surface area contributed by atoms with E-state index >= 15 is 0 Å². The fraction of sp³-hybridized carbons (Fsp3) is 0.333. The molecule has 3 heteroatoms. The van der Waals surface area contributed by atoms with Crippen LogP contribution in [0.2, 0.25) is 0 Å². The predicted octanol–water partition coefficient (Wildman–Crippen LogP) is 1.52. The van der Waals surface area contributed by atoms with Crippen LogP contribution in [0.15, 0.2) is 29.5 Å². The molecule has 0 fully saturated rings. The Morgan fingerprint density at radius 2 is 2.42 bits per heavy atom. The quantitative estimate of drug-likeness (QED) is 0.624. The summed E-state index contributed by atoms with van der Waals surface area (Å²) in [5.41, 5.74) is 0. The Morgan fingerprint density at radius 3 is 3.00 bits per heavy atom. The van der Waals surface area contributed by atoms with Crippen LogP contribution in [-0.4, -0.2) is 17.7 Å². The summed E-state index contributed by atoms with van der Waals surface area (Å²) >= 11 is 0. The molecule has 1 unspecified atom stereocenters. The second-order valence-corrected chi connectivity index (χ2v) is 3.01. The lowest BCUT2D eigenvalue weighted by atomic mass is 10.2. The van der Waals surface area contributed by atoms with Gasteiger partial charge in [-0.2, -0.15) is 5.10 Å². The summed E-state index contributed by atoms with van der Waals surface area (Å²) in [7, 11) is 0. The highest BCUT2D eigenvalue weighted by atomic mass is 15.5. The van der Waals surface area contributed by atoms with Gasteiger partial charge in [-0.3, -0.25) is 0 Å². The van der Waals surface area contributed by atoms with Crippen molar-refractivity contribution in [1.82, 2.24) is 4.98 Å². The van der Waals surface area contributed by atoms with Crippen LogP contribution < -0.4 is 5.01 Å². The van der Waals surface area contributed by atoms with Crippen molar-refractivity contribution in [1.29, 1.82) is 0 Å². The maximum Gasteiger partial charge on any atom is 0.148 e. The Morgan fingerprint density at radius 1 is 1.50 bits per heavy atom. The van der Waals surface area contributed by atoms with Gasteiger partial charge in [0.25, 0.3) is 0 Å². The molecule has 0 saturated carbocycles. The van der Waals surface area contributed by atoms with E-state index in [2.05, 4.69) is 17.0 Å². The zero-order chi connectivity index (χ0) is 8.39. The van der Waals surface area contributed by atoms with Crippen LogP contribution in [0.4, 0.5) is 5.82 Å². The van der Waals surface area contributed by atoms with Crippen LogP contribution >= 0.6 is 0 Å². The van der Waals surface area contributed by atoms with E-state index in [1.165, 1.54) is 0 Å². The summed E-state index contributed by atoms with van der Waals surface area (Å²) in [4.78, 5) is 4.21. The van der Waals surface area contributed by atoms with E-state index in [1.54, 1.807) is 6.20 Å². The van der Waals surface area contributed by atoms with Gasteiger partial charge in [-0.25, -0.2) is 9.99 Å². The number of hydrazone groups is 1. The highest BCUT2D eigenvalue weighted by Gasteiger charge is 2.14. The molecule has 1 aromatic heterocycles. The average molecular weight is 161 g/mol. The lowest BCUT2D eigenvalue weighted by Gasteiger charge is -2.12. The summed E-state index contributed by atoms with van der Waals surface area (Å²) in [5.74, 6) is 1.46. The van der Waals surface area contributed by atoms with E-state index < -0.39 is 0 Å². The van der Waals surface area contributed by atoms with Crippen LogP contribution in [0.1, 0.15) is 6.92 Å². The number of aromatic nitrogens is 1. The van der Waals surface area contributed by atoms with Gasteiger partial charge in [0.05, 0.1) is 6.54 Å². The molecular formula is C9H11N3. The van der Waals surface area contributed by atoms with Gasteiger partial charge in [0, 0.05) is 18.3 Å². The Bertz CT molecular complexity index is 281. The molecule has 1 aliphatic rings. The van der Waals surface area contributed by atoms with Crippen molar-refractivity contribution >= 4 is 12.0 Å². The van der Waals surface area contributed by atoms with Gasteiger partial charge in [0.15, 0.2) is 0 Å². The predicted molar refractivity (Wildman–Crippen MR) is 49.2 cm³/mol. The Kier molecular flexibility index (Phi) is 1.78. The lowest BCUT2D eigenvalue weighted by molar-refractivity contribution is 0.771. The number of anilines is 1. The van der Waals surface area contributed by atoms with Gasteiger partial charge in [-0.05, 0) is 12.1 Å². The topological polar surface area (TPSA) is 28.5 Å². The van der Waals surface area contributed by atoms with Crippen molar-refractivity contribution < 1.29 is 0 Å². The molecule has 1 atom stereocenters. The third kappa shape index (κ3) is 1.30. The molecule has 0 N–H and O–H groups in total. The molecular weight excluding hydrogens is 150 g/mol. The van der Waals surface area contributed by atoms with Gasteiger partial charge in [0.2, 0.25) is 0 Å². The molecule has 62 valence electrons. The first-order chi connectivity index (χ1) is 5.86. The van der Waals surface area contributed by atoms with Crippen LogP contribution in [0.5, 0.6) is 0 Å². The number of rotatable bonds is 1. The van der Waals surface area contributed by atoms with Crippen LogP contribution in [-0.2, 0) is 0 Å². The van der Waals surface area contributed by atoms with Gasteiger partial charge in [-0.15, -0.1) is 0 Å². The first-order valence-corrected chi connectivity index (χ1v) is 4.09. The highest BCUT2D eigenvalue weighted by Crippen LogP contribution is 2.15. The number of pyridine rings is 1. The molecule has 2 rings (SSSR count). The standard InChI is InChI=1S/C9H11N3/c1-8-6-11-12(7-8)9-4-2-3-5-10-9/h2-6,8H,7H2,1H3. The van der Waals surface area contributed by atoms with Crippen molar-refractivity contribution in [2.24, 2.45) is 11.0 Å². The second-order valence-electron chi connectivity index (χ2n) is 3.01. The van der Waals surface area contributed by atoms with E-state index in [0.717, 1.165) is 12.4 Å². The van der Waals surface area contributed by atoms with Crippen LogP contribution in [0.3, 0.4) is 0 Å². The summed E-state index contributed by atoms with van der Waals surface area (Å²) in [6.45, 7) is 3.09.